The number of benzene rings is 1. The predicted molar refractivity (Wildman–Crippen MR) is 95.4 cm³/mol. The van der Waals surface area contributed by atoms with Crippen LogP contribution in [0.2, 0.25) is 0 Å². The van der Waals surface area contributed by atoms with E-state index in [1.165, 1.54) is 12.8 Å². The molecule has 1 amide bonds. The second-order valence-corrected chi connectivity index (χ2v) is 8.17. The molecule has 1 aliphatic carbocycles. The number of carbonyl (C=O) groups excluding carboxylic acids is 1. The largest absolute Gasteiger partial charge is 0.507 e. The molecule has 0 radical (unpaired) electrons. The fourth-order valence-corrected chi connectivity index (χ4v) is 3.98. The maximum atomic E-state index is 13.1. The SMILES string of the molecule is Cc1cccc(O)c1C(=O)N1CC(C)(C)C1c1nccn1CC1CC1. The summed E-state index contributed by atoms with van der Waals surface area (Å²) in [6, 6.07) is 5.14. The first kappa shape index (κ1) is 16.2. The summed E-state index contributed by atoms with van der Waals surface area (Å²) in [6.07, 6.45) is 6.42. The summed E-state index contributed by atoms with van der Waals surface area (Å²) in [5.74, 6) is 1.65. The van der Waals surface area contributed by atoms with E-state index in [9.17, 15) is 9.90 Å². The highest BCUT2D eigenvalue weighted by molar-refractivity contribution is 5.99. The molecule has 25 heavy (non-hydrogen) atoms. The minimum absolute atomic E-state index is 0.0272. The van der Waals surface area contributed by atoms with Gasteiger partial charge >= 0.3 is 0 Å². The Labute approximate surface area is 148 Å². The molecule has 5 heteroatoms. The van der Waals surface area contributed by atoms with Gasteiger partial charge in [-0.1, -0.05) is 26.0 Å². The van der Waals surface area contributed by atoms with Crippen LogP contribution in [0.5, 0.6) is 5.75 Å². The number of rotatable bonds is 4. The van der Waals surface area contributed by atoms with Gasteiger partial charge in [0.2, 0.25) is 0 Å². The van der Waals surface area contributed by atoms with Gasteiger partial charge in [-0.15, -0.1) is 0 Å². The average molecular weight is 339 g/mol. The van der Waals surface area contributed by atoms with E-state index in [-0.39, 0.29) is 23.1 Å². The van der Waals surface area contributed by atoms with Crippen molar-refractivity contribution in [3.63, 3.8) is 0 Å². The fraction of sp³-hybridized carbons (Fsp3) is 0.500. The topological polar surface area (TPSA) is 58.4 Å². The maximum absolute atomic E-state index is 13.1. The van der Waals surface area contributed by atoms with Gasteiger partial charge in [-0.25, -0.2) is 4.98 Å². The molecule has 2 aliphatic rings. The van der Waals surface area contributed by atoms with Gasteiger partial charge in [0.25, 0.3) is 5.91 Å². The average Bonchev–Trinajstić information content (AvgIpc) is 3.24. The molecule has 2 heterocycles. The number of aromatic hydroxyl groups is 1. The highest BCUT2D eigenvalue weighted by Crippen LogP contribution is 2.49. The van der Waals surface area contributed by atoms with Crippen molar-refractivity contribution in [2.24, 2.45) is 11.3 Å². The van der Waals surface area contributed by atoms with Crippen LogP contribution in [0.3, 0.4) is 0 Å². The summed E-state index contributed by atoms with van der Waals surface area (Å²) in [7, 11) is 0. The van der Waals surface area contributed by atoms with Gasteiger partial charge in [-0.05, 0) is 37.3 Å². The first-order valence-electron chi connectivity index (χ1n) is 8.99. The van der Waals surface area contributed by atoms with E-state index in [2.05, 4.69) is 23.4 Å². The highest BCUT2D eigenvalue weighted by Gasteiger charge is 2.51. The van der Waals surface area contributed by atoms with E-state index in [1.54, 1.807) is 12.1 Å². The number of aromatic nitrogens is 2. The Morgan fingerprint density at radius 1 is 1.36 bits per heavy atom. The number of amides is 1. The lowest BCUT2D eigenvalue weighted by molar-refractivity contribution is -0.0381. The zero-order chi connectivity index (χ0) is 17.8. The first-order valence-corrected chi connectivity index (χ1v) is 8.99. The molecule has 0 bridgehead atoms. The molecule has 0 spiro atoms. The van der Waals surface area contributed by atoms with Gasteiger partial charge in [0, 0.05) is 30.9 Å². The number of likely N-dealkylation sites (tertiary alicyclic amines) is 1. The van der Waals surface area contributed by atoms with Crippen molar-refractivity contribution in [1.82, 2.24) is 14.5 Å². The van der Waals surface area contributed by atoms with Crippen molar-refractivity contribution < 1.29 is 9.90 Å². The van der Waals surface area contributed by atoms with Crippen molar-refractivity contribution in [2.75, 3.05) is 6.54 Å². The molecule has 1 aromatic carbocycles. The van der Waals surface area contributed by atoms with Gasteiger partial charge in [-0.3, -0.25) is 4.79 Å². The number of nitrogens with zero attached hydrogens (tertiary/aromatic N) is 3. The zero-order valence-electron chi connectivity index (χ0n) is 15.1. The Hall–Kier alpha value is -2.30. The van der Waals surface area contributed by atoms with Crippen molar-refractivity contribution in [3.8, 4) is 5.75 Å². The minimum atomic E-state index is -0.110. The molecule has 1 saturated carbocycles. The molecule has 1 saturated heterocycles. The Balaban J connectivity index is 1.66. The number of hydrogen-bond acceptors (Lipinski definition) is 3. The summed E-state index contributed by atoms with van der Waals surface area (Å²) >= 11 is 0. The van der Waals surface area contributed by atoms with E-state index in [0.717, 1.165) is 23.9 Å². The number of aryl methyl sites for hydroxylation is 1. The summed E-state index contributed by atoms with van der Waals surface area (Å²) in [4.78, 5) is 19.6. The van der Waals surface area contributed by atoms with Gasteiger partial charge in [0.05, 0.1) is 11.6 Å². The standard InChI is InChI=1S/C20H25N3O2/c1-13-5-4-6-15(24)16(13)19(25)23-12-20(2,3)17(23)18-21-9-10-22(18)11-14-7-8-14/h4-6,9-10,14,17,24H,7-8,11-12H2,1-3H3. The molecule has 2 aromatic rings. The molecular weight excluding hydrogens is 314 g/mol. The number of hydrogen-bond donors (Lipinski definition) is 1. The molecule has 1 atom stereocenters. The van der Waals surface area contributed by atoms with Crippen LogP contribution in [0.4, 0.5) is 0 Å². The second kappa shape index (κ2) is 5.61. The number of carbonyl (C=O) groups is 1. The Bertz CT molecular complexity index is 800. The van der Waals surface area contributed by atoms with Crippen LogP contribution in [0, 0.1) is 18.3 Å². The Morgan fingerprint density at radius 2 is 2.12 bits per heavy atom. The van der Waals surface area contributed by atoms with Crippen LogP contribution in [-0.4, -0.2) is 32.0 Å². The van der Waals surface area contributed by atoms with E-state index in [4.69, 9.17) is 0 Å². The fourth-order valence-electron chi connectivity index (χ4n) is 3.98. The lowest BCUT2D eigenvalue weighted by atomic mass is 9.73. The summed E-state index contributed by atoms with van der Waals surface area (Å²) in [5.41, 5.74) is 1.18. The van der Waals surface area contributed by atoms with Crippen LogP contribution in [0.25, 0.3) is 0 Å². The predicted octanol–water partition coefficient (Wildman–Crippen LogP) is 3.53. The van der Waals surface area contributed by atoms with Gasteiger partial charge < -0.3 is 14.6 Å². The van der Waals surface area contributed by atoms with Crippen molar-refractivity contribution >= 4 is 5.91 Å². The zero-order valence-corrected chi connectivity index (χ0v) is 15.1. The van der Waals surface area contributed by atoms with E-state index < -0.39 is 0 Å². The minimum Gasteiger partial charge on any atom is -0.507 e. The molecule has 132 valence electrons. The Kier molecular flexibility index (Phi) is 3.63. The number of phenolic OH excluding ortho intramolecular Hbond substituents is 1. The molecule has 1 aliphatic heterocycles. The van der Waals surface area contributed by atoms with Crippen LogP contribution < -0.4 is 0 Å². The van der Waals surface area contributed by atoms with Crippen molar-refractivity contribution in [1.29, 1.82) is 0 Å². The smallest absolute Gasteiger partial charge is 0.258 e. The van der Waals surface area contributed by atoms with E-state index >= 15 is 0 Å². The van der Waals surface area contributed by atoms with Crippen LogP contribution in [0.15, 0.2) is 30.6 Å². The molecule has 2 fully saturated rings. The lowest BCUT2D eigenvalue weighted by Crippen LogP contribution is -2.58. The van der Waals surface area contributed by atoms with Crippen LogP contribution >= 0.6 is 0 Å². The lowest BCUT2D eigenvalue weighted by Gasteiger charge is -2.53. The summed E-state index contributed by atoms with van der Waals surface area (Å²) in [5, 5.41) is 10.2. The third kappa shape index (κ3) is 2.71. The number of imidazole rings is 1. The van der Waals surface area contributed by atoms with Crippen LogP contribution in [0.1, 0.15) is 54.5 Å². The normalized spacial score (nSPS) is 21.9. The Morgan fingerprint density at radius 3 is 2.76 bits per heavy atom. The summed E-state index contributed by atoms with van der Waals surface area (Å²) in [6.45, 7) is 7.87. The van der Waals surface area contributed by atoms with Gasteiger partial charge in [-0.2, -0.15) is 0 Å². The number of phenols is 1. The molecule has 1 aromatic heterocycles. The molecule has 1 unspecified atom stereocenters. The first-order chi connectivity index (χ1) is 11.9. The highest BCUT2D eigenvalue weighted by atomic mass is 16.3. The molecule has 4 rings (SSSR count). The van der Waals surface area contributed by atoms with Gasteiger partial charge in [0.1, 0.15) is 11.6 Å². The third-order valence-corrected chi connectivity index (χ3v) is 5.50. The second-order valence-electron chi connectivity index (χ2n) is 8.17. The third-order valence-electron chi connectivity index (χ3n) is 5.50. The van der Waals surface area contributed by atoms with Gasteiger partial charge in [0.15, 0.2) is 0 Å². The summed E-state index contributed by atoms with van der Waals surface area (Å²) < 4.78 is 2.21. The maximum Gasteiger partial charge on any atom is 0.258 e. The van der Waals surface area contributed by atoms with Crippen molar-refractivity contribution in [3.05, 3.63) is 47.5 Å². The quantitative estimate of drug-likeness (QED) is 0.927. The van der Waals surface area contributed by atoms with E-state index in [1.807, 2.05) is 30.3 Å². The van der Waals surface area contributed by atoms with Crippen LogP contribution in [-0.2, 0) is 6.54 Å². The molecule has 5 nitrogen and oxygen atoms in total. The van der Waals surface area contributed by atoms with E-state index in [0.29, 0.717) is 12.1 Å². The molecular formula is C20H25N3O2. The monoisotopic (exact) mass is 339 g/mol. The molecule has 1 N–H and O–H groups in total. The van der Waals surface area contributed by atoms with Crippen molar-refractivity contribution in [2.45, 2.75) is 46.2 Å².